The lowest BCUT2D eigenvalue weighted by Gasteiger charge is -2.11. The van der Waals surface area contributed by atoms with Crippen LogP contribution >= 0.6 is 0 Å². The number of rotatable bonds is 2. The maximum Gasteiger partial charge on any atom is 0.416 e. The van der Waals surface area contributed by atoms with E-state index in [0.717, 1.165) is 18.5 Å². The second-order valence-electron chi connectivity index (χ2n) is 3.75. The number of hydrogen-bond acceptors (Lipinski definition) is 2. The smallest absolute Gasteiger partial charge is 0.416 e. The number of hydrogen-bond donors (Lipinski definition) is 1. The molecule has 1 heterocycles. The van der Waals surface area contributed by atoms with Crippen molar-refractivity contribution in [3.8, 4) is 0 Å². The van der Waals surface area contributed by atoms with Crippen molar-refractivity contribution in [2.75, 3.05) is 0 Å². The fourth-order valence-corrected chi connectivity index (χ4v) is 1.77. The summed E-state index contributed by atoms with van der Waals surface area (Å²) in [6.45, 7) is 0. The first kappa shape index (κ1) is 10.9. The molecular formula is C10H8F3NO2. The summed E-state index contributed by atoms with van der Waals surface area (Å²) in [7, 11) is 0. The van der Waals surface area contributed by atoms with E-state index in [0.29, 0.717) is 0 Å². The highest BCUT2D eigenvalue weighted by molar-refractivity contribution is 5.75. The average Bonchev–Trinajstić information content (AvgIpc) is 2.95. The summed E-state index contributed by atoms with van der Waals surface area (Å²) in [5, 5.41) is 8.68. The van der Waals surface area contributed by atoms with E-state index < -0.39 is 29.5 Å². The third kappa shape index (κ3) is 1.87. The fraction of sp³-hybridized carbons (Fsp3) is 0.400. The molecule has 0 amide bonds. The summed E-state index contributed by atoms with van der Waals surface area (Å²) in [6.07, 6.45) is -2.03. The van der Waals surface area contributed by atoms with E-state index in [1.807, 2.05) is 0 Å². The molecule has 1 saturated carbocycles. The number of aliphatic carboxylic acids is 1. The minimum absolute atomic E-state index is 0.0117. The maximum absolute atomic E-state index is 12.6. The zero-order valence-corrected chi connectivity index (χ0v) is 8.03. The number of halogens is 3. The molecule has 16 heavy (non-hydrogen) atoms. The average molecular weight is 231 g/mol. The van der Waals surface area contributed by atoms with Gasteiger partial charge in [0.2, 0.25) is 0 Å². The number of nitrogens with zero attached hydrogens (tertiary/aromatic N) is 1. The van der Waals surface area contributed by atoms with Gasteiger partial charge < -0.3 is 5.11 Å². The highest BCUT2D eigenvalue weighted by atomic mass is 19.4. The van der Waals surface area contributed by atoms with Gasteiger partial charge in [0.25, 0.3) is 0 Å². The molecule has 1 fully saturated rings. The quantitative estimate of drug-likeness (QED) is 0.849. The summed E-state index contributed by atoms with van der Waals surface area (Å²) in [6, 6.07) is 0.882. The molecule has 0 saturated heterocycles. The van der Waals surface area contributed by atoms with E-state index in [4.69, 9.17) is 5.11 Å². The van der Waals surface area contributed by atoms with E-state index in [-0.39, 0.29) is 12.0 Å². The third-order valence-electron chi connectivity index (χ3n) is 2.66. The first-order valence-electron chi connectivity index (χ1n) is 4.65. The first-order valence-corrected chi connectivity index (χ1v) is 4.65. The number of carboxylic acids is 1. The van der Waals surface area contributed by atoms with Gasteiger partial charge in [-0.2, -0.15) is 13.2 Å². The van der Waals surface area contributed by atoms with Crippen LogP contribution in [0.3, 0.4) is 0 Å². The Morgan fingerprint density at radius 1 is 1.50 bits per heavy atom. The summed E-state index contributed by atoms with van der Waals surface area (Å²) in [4.78, 5) is 14.2. The van der Waals surface area contributed by atoms with Crippen LogP contribution in [0, 0.1) is 5.92 Å². The predicted molar refractivity (Wildman–Crippen MR) is 47.7 cm³/mol. The monoisotopic (exact) mass is 231 g/mol. The molecule has 1 aromatic rings. The van der Waals surface area contributed by atoms with Gasteiger partial charge in [0.05, 0.1) is 11.5 Å². The highest BCUT2D eigenvalue weighted by Gasteiger charge is 2.48. The molecule has 6 heteroatoms. The Labute approximate surface area is 88.9 Å². The Balaban J connectivity index is 2.33. The van der Waals surface area contributed by atoms with Crippen LogP contribution in [0.2, 0.25) is 0 Å². The molecule has 2 atom stereocenters. The zero-order chi connectivity index (χ0) is 11.9. The Kier molecular flexibility index (Phi) is 2.36. The van der Waals surface area contributed by atoms with Crippen molar-refractivity contribution in [3.63, 3.8) is 0 Å². The Bertz CT molecular complexity index is 430. The van der Waals surface area contributed by atoms with Crippen LogP contribution in [0.5, 0.6) is 0 Å². The number of alkyl halides is 3. The molecular weight excluding hydrogens is 223 g/mol. The highest BCUT2D eigenvalue weighted by Crippen LogP contribution is 2.50. The van der Waals surface area contributed by atoms with Crippen LogP contribution in [-0.4, -0.2) is 16.1 Å². The van der Waals surface area contributed by atoms with Gasteiger partial charge in [0.1, 0.15) is 0 Å². The van der Waals surface area contributed by atoms with Gasteiger partial charge in [0, 0.05) is 18.3 Å². The van der Waals surface area contributed by atoms with Crippen LogP contribution in [0.25, 0.3) is 0 Å². The molecule has 3 nitrogen and oxygen atoms in total. The SMILES string of the molecule is O=C(O)C1CC1c1cnccc1C(F)(F)F. The molecule has 0 aliphatic heterocycles. The first-order chi connectivity index (χ1) is 7.41. The summed E-state index contributed by atoms with van der Waals surface area (Å²) in [5.41, 5.74) is -0.793. The van der Waals surface area contributed by atoms with Crippen molar-refractivity contribution in [1.82, 2.24) is 4.98 Å². The molecule has 0 bridgehead atoms. The standard InChI is InChI=1S/C10H8F3NO2/c11-10(12,13)8-1-2-14-4-7(8)5-3-6(5)9(15)16/h1-2,4-6H,3H2,(H,15,16). The lowest BCUT2D eigenvalue weighted by Crippen LogP contribution is -2.10. The van der Waals surface area contributed by atoms with E-state index in [2.05, 4.69) is 4.98 Å². The molecule has 1 aliphatic carbocycles. The van der Waals surface area contributed by atoms with Crippen molar-refractivity contribution in [1.29, 1.82) is 0 Å². The van der Waals surface area contributed by atoms with E-state index in [1.54, 1.807) is 0 Å². The third-order valence-corrected chi connectivity index (χ3v) is 2.66. The van der Waals surface area contributed by atoms with Crippen LogP contribution < -0.4 is 0 Å². The van der Waals surface area contributed by atoms with Crippen molar-refractivity contribution in [3.05, 3.63) is 29.6 Å². The predicted octanol–water partition coefficient (Wildman–Crippen LogP) is 2.29. The second-order valence-corrected chi connectivity index (χ2v) is 3.75. The largest absolute Gasteiger partial charge is 0.481 e. The normalized spacial score (nSPS) is 24.2. The van der Waals surface area contributed by atoms with Gasteiger partial charge in [-0.15, -0.1) is 0 Å². The summed E-state index contributed by atoms with van der Waals surface area (Å²) in [5.74, 6) is -2.31. The number of carbonyl (C=O) groups is 1. The summed E-state index contributed by atoms with van der Waals surface area (Å²) < 4.78 is 37.8. The van der Waals surface area contributed by atoms with Gasteiger partial charge >= 0.3 is 12.1 Å². The van der Waals surface area contributed by atoms with Crippen LogP contribution in [0.4, 0.5) is 13.2 Å². The lowest BCUT2D eigenvalue weighted by molar-refractivity contribution is -0.140. The minimum atomic E-state index is -4.45. The molecule has 86 valence electrons. The zero-order valence-electron chi connectivity index (χ0n) is 8.03. The van der Waals surface area contributed by atoms with E-state index in [9.17, 15) is 18.0 Å². The number of aromatic nitrogens is 1. The van der Waals surface area contributed by atoms with Gasteiger partial charge in [-0.1, -0.05) is 0 Å². The van der Waals surface area contributed by atoms with Crippen molar-refractivity contribution >= 4 is 5.97 Å². The van der Waals surface area contributed by atoms with Gasteiger partial charge in [-0.05, 0) is 18.1 Å². The molecule has 0 spiro atoms. The Hall–Kier alpha value is -1.59. The Morgan fingerprint density at radius 3 is 2.69 bits per heavy atom. The van der Waals surface area contributed by atoms with Crippen molar-refractivity contribution in [2.24, 2.45) is 5.92 Å². The molecule has 1 N–H and O–H groups in total. The molecule has 0 radical (unpaired) electrons. The molecule has 2 unspecified atom stereocenters. The van der Waals surface area contributed by atoms with E-state index in [1.165, 1.54) is 0 Å². The Morgan fingerprint density at radius 2 is 2.19 bits per heavy atom. The van der Waals surface area contributed by atoms with Crippen LogP contribution in [0.15, 0.2) is 18.5 Å². The molecule has 1 aliphatic rings. The molecule has 0 aromatic carbocycles. The van der Waals surface area contributed by atoms with Gasteiger partial charge in [-0.3, -0.25) is 9.78 Å². The second kappa shape index (κ2) is 3.47. The van der Waals surface area contributed by atoms with Crippen LogP contribution in [-0.2, 0) is 11.0 Å². The molecule has 2 rings (SSSR count). The van der Waals surface area contributed by atoms with E-state index >= 15 is 0 Å². The number of carboxylic acid groups (broad SMARTS) is 1. The maximum atomic E-state index is 12.6. The van der Waals surface area contributed by atoms with Crippen LogP contribution in [0.1, 0.15) is 23.5 Å². The number of pyridine rings is 1. The lowest BCUT2D eigenvalue weighted by atomic mass is 10.0. The van der Waals surface area contributed by atoms with Gasteiger partial charge in [-0.25, -0.2) is 0 Å². The fourth-order valence-electron chi connectivity index (χ4n) is 1.77. The van der Waals surface area contributed by atoms with Gasteiger partial charge in [0.15, 0.2) is 0 Å². The van der Waals surface area contributed by atoms with Crippen molar-refractivity contribution < 1.29 is 23.1 Å². The minimum Gasteiger partial charge on any atom is -0.481 e. The van der Waals surface area contributed by atoms with Crippen molar-refractivity contribution in [2.45, 2.75) is 18.5 Å². The topological polar surface area (TPSA) is 50.2 Å². The summed E-state index contributed by atoms with van der Waals surface area (Å²) >= 11 is 0. The molecule has 1 aromatic heterocycles.